The summed E-state index contributed by atoms with van der Waals surface area (Å²) in [5.74, 6) is -1.51. The third kappa shape index (κ3) is 3.72. The van der Waals surface area contributed by atoms with Crippen LogP contribution in [0.3, 0.4) is 0 Å². The first-order chi connectivity index (χ1) is 5.61. The van der Waals surface area contributed by atoms with Gasteiger partial charge in [0.05, 0.1) is 6.61 Å². The van der Waals surface area contributed by atoms with Crippen LogP contribution in [0.25, 0.3) is 0 Å². The molecule has 0 fully saturated rings. The molecule has 2 N–H and O–H groups in total. The maximum Gasteiger partial charge on any atom is 0.356 e. The molecule has 5 nitrogen and oxygen atoms in total. The Hall–Kier alpha value is -1.36. The molecule has 1 unspecified atom stereocenters. The highest BCUT2D eigenvalue weighted by Crippen LogP contribution is 1.84. The minimum absolute atomic E-state index is 0.153. The fraction of sp³-hybridized carbons (Fsp3) is 0.429. The van der Waals surface area contributed by atoms with Gasteiger partial charge in [-0.05, 0) is 13.0 Å². The number of carbonyl (C=O) groups is 2. The van der Waals surface area contributed by atoms with Gasteiger partial charge in [-0.1, -0.05) is 6.58 Å². The Morgan fingerprint density at radius 2 is 2.33 bits per heavy atom. The molecule has 0 radical (unpaired) electrons. The van der Waals surface area contributed by atoms with Crippen LogP contribution < -0.4 is 5.32 Å². The third-order valence-electron chi connectivity index (χ3n) is 0.974. The SMILES string of the molecule is C=CC(=O)NC(O)C(=O)OCC. The molecule has 68 valence electrons. The van der Waals surface area contributed by atoms with Crippen molar-refractivity contribution in [2.45, 2.75) is 13.2 Å². The topological polar surface area (TPSA) is 75.6 Å². The first-order valence-electron chi connectivity index (χ1n) is 3.39. The minimum Gasteiger partial charge on any atom is -0.463 e. The van der Waals surface area contributed by atoms with Gasteiger partial charge in [-0.3, -0.25) is 4.79 Å². The molecule has 0 aromatic heterocycles. The maximum atomic E-state index is 10.7. The van der Waals surface area contributed by atoms with Gasteiger partial charge >= 0.3 is 5.97 Å². The number of ether oxygens (including phenoxy) is 1. The van der Waals surface area contributed by atoms with Crippen LogP contribution in [0.2, 0.25) is 0 Å². The van der Waals surface area contributed by atoms with Crippen molar-refractivity contribution in [1.82, 2.24) is 5.32 Å². The Kier molecular flexibility index (Phi) is 4.71. The second kappa shape index (κ2) is 5.31. The van der Waals surface area contributed by atoms with Crippen molar-refractivity contribution in [2.24, 2.45) is 0 Å². The van der Waals surface area contributed by atoms with Gasteiger partial charge in [-0.2, -0.15) is 0 Å². The number of carbonyl (C=O) groups excluding carboxylic acids is 2. The first-order valence-corrected chi connectivity index (χ1v) is 3.39. The second-order valence-corrected chi connectivity index (χ2v) is 1.87. The molecule has 0 aliphatic heterocycles. The standard InChI is InChI=1S/C7H11NO4/c1-3-5(9)8-6(10)7(11)12-4-2/h3,6,10H,1,4H2,2H3,(H,8,9). The molecule has 0 aromatic rings. The number of aliphatic hydroxyl groups excluding tert-OH is 1. The van der Waals surface area contributed by atoms with E-state index in [9.17, 15) is 9.59 Å². The van der Waals surface area contributed by atoms with Crippen LogP contribution in [-0.4, -0.2) is 29.8 Å². The van der Waals surface area contributed by atoms with E-state index in [2.05, 4.69) is 11.3 Å². The third-order valence-corrected chi connectivity index (χ3v) is 0.974. The van der Waals surface area contributed by atoms with Gasteiger partial charge in [0.2, 0.25) is 12.1 Å². The van der Waals surface area contributed by atoms with Gasteiger partial charge in [0.1, 0.15) is 0 Å². The Bertz CT molecular complexity index is 190. The number of nitrogens with one attached hydrogen (secondary N) is 1. The average molecular weight is 173 g/mol. The van der Waals surface area contributed by atoms with E-state index in [0.717, 1.165) is 6.08 Å². The molecule has 1 atom stereocenters. The van der Waals surface area contributed by atoms with E-state index in [1.54, 1.807) is 6.92 Å². The first kappa shape index (κ1) is 10.6. The Morgan fingerprint density at radius 1 is 1.75 bits per heavy atom. The summed E-state index contributed by atoms with van der Waals surface area (Å²) in [5.41, 5.74) is 0. The molecule has 5 heteroatoms. The summed E-state index contributed by atoms with van der Waals surface area (Å²) in [7, 11) is 0. The highest BCUT2D eigenvalue weighted by Gasteiger charge is 2.16. The lowest BCUT2D eigenvalue weighted by atomic mass is 10.5. The quantitative estimate of drug-likeness (QED) is 0.330. The van der Waals surface area contributed by atoms with E-state index in [4.69, 9.17) is 5.11 Å². The number of rotatable bonds is 4. The molecule has 12 heavy (non-hydrogen) atoms. The molecule has 0 saturated heterocycles. The van der Waals surface area contributed by atoms with E-state index < -0.39 is 18.1 Å². The van der Waals surface area contributed by atoms with Crippen molar-refractivity contribution in [1.29, 1.82) is 0 Å². The molecule has 0 aliphatic carbocycles. The normalized spacial score (nSPS) is 11.5. The lowest BCUT2D eigenvalue weighted by Crippen LogP contribution is -2.40. The molecule has 0 heterocycles. The molecular formula is C7H11NO4. The summed E-state index contributed by atoms with van der Waals surface area (Å²) in [6.07, 6.45) is -0.668. The van der Waals surface area contributed by atoms with Crippen LogP contribution in [0.1, 0.15) is 6.92 Å². The molecule has 1 amide bonds. The number of hydrogen-bond acceptors (Lipinski definition) is 4. The van der Waals surface area contributed by atoms with Gasteiger partial charge in [0, 0.05) is 0 Å². The zero-order chi connectivity index (χ0) is 9.56. The maximum absolute atomic E-state index is 10.7. The number of amides is 1. The molecule has 0 bridgehead atoms. The van der Waals surface area contributed by atoms with E-state index >= 15 is 0 Å². The highest BCUT2D eigenvalue weighted by molar-refractivity contribution is 5.90. The Labute approximate surface area is 70.0 Å². The fourth-order valence-electron chi connectivity index (χ4n) is 0.474. The van der Waals surface area contributed by atoms with Crippen molar-refractivity contribution in [3.8, 4) is 0 Å². The predicted octanol–water partition coefficient (Wildman–Crippen LogP) is -0.830. The number of hydrogen-bond donors (Lipinski definition) is 2. The zero-order valence-electron chi connectivity index (χ0n) is 6.74. The van der Waals surface area contributed by atoms with E-state index in [0.29, 0.717) is 0 Å². The van der Waals surface area contributed by atoms with E-state index in [-0.39, 0.29) is 6.61 Å². The smallest absolute Gasteiger partial charge is 0.356 e. The second-order valence-electron chi connectivity index (χ2n) is 1.87. The lowest BCUT2D eigenvalue weighted by Gasteiger charge is -2.09. The summed E-state index contributed by atoms with van der Waals surface area (Å²) in [4.78, 5) is 21.2. The van der Waals surface area contributed by atoms with Crippen LogP contribution >= 0.6 is 0 Å². The summed E-state index contributed by atoms with van der Waals surface area (Å²) in [6.45, 7) is 4.89. The van der Waals surface area contributed by atoms with Crippen LogP contribution in [0.4, 0.5) is 0 Å². The Balaban J connectivity index is 3.85. The summed E-state index contributed by atoms with van der Waals surface area (Å²) in [5, 5.41) is 10.8. The van der Waals surface area contributed by atoms with Crippen molar-refractivity contribution < 1.29 is 19.4 Å². The van der Waals surface area contributed by atoms with Crippen molar-refractivity contribution in [3.05, 3.63) is 12.7 Å². The predicted molar refractivity (Wildman–Crippen MR) is 41.0 cm³/mol. The van der Waals surface area contributed by atoms with E-state index in [1.807, 2.05) is 5.32 Å². The van der Waals surface area contributed by atoms with Crippen LogP contribution in [0.15, 0.2) is 12.7 Å². The van der Waals surface area contributed by atoms with Gasteiger partial charge in [-0.15, -0.1) is 0 Å². The minimum atomic E-state index is -1.62. The van der Waals surface area contributed by atoms with Crippen molar-refractivity contribution >= 4 is 11.9 Å². The molecule has 0 aromatic carbocycles. The van der Waals surface area contributed by atoms with Crippen molar-refractivity contribution in [2.75, 3.05) is 6.61 Å². The lowest BCUT2D eigenvalue weighted by molar-refractivity contribution is -0.156. The molecular weight excluding hydrogens is 162 g/mol. The molecule has 0 saturated carbocycles. The zero-order valence-corrected chi connectivity index (χ0v) is 6.74. The van der Waals surface area contributed by atoms with Crippen LogP contribution in [0.5, 0.6) is 0 Å². The monoisotopic (exact) mass is 173 g/mol. The molecule has 0 spiro atoms. The van der Waals surface area contributed by atoms with Crippen LogP contribution in [-0.2, 0) is 14.3 Å². The fourth-order valence-corrected chi connectivity index (χ4v) is 0.474. The highest BCUT2D eigenvalue weighted by atomic mass is 16.5. The number of aliphatic hydroxyl groups is 1. The van der Waals surface area contributed by atoms with Gasteiger partial charge in [-0.25, -0.2) is 4.79 Å². The summed E-state index contributed by atoms with van der Waals surface area (Å²) < 4.78 is 4.41. The number of esters is 1. The van der Waals surface area contributed by atoms with Gasteiger partial charge in [0.25, 0.3) is 0 Å². The largest absolute Gasteiger partial charge is 0.463 e. The summed E-state index contributed by atoms with van der Waals surface area (Å²) >= 11 is 0. The average Bonchev–Trinajstić information content (AvgIpc) is 2.04. The van der Waals surface area contributed by atoms with Gasteiger partial charge < -0.3 is 15.2 Å². The molecule has 0 aliphatic rings. The van der Waals surface area contributed by atoms with Gasteiger partial charge in [0.15, 0.2) is 0 Å². The Morgan fingerprint density at radius 3 is 2.75 bits per heavy atom. The van der Waals surface area contributed by atoms with Crippen molar-refractivity contribution in [3.63, 3.8) is 0 Å². The summed E-state index contributed by atoms with van der Waals surface area (Å²) in [6, 6.07) is 0. The molecule has 0 rings (SSSR count). The van der Waals surface area contributed by atoms with E-state index in [1.165, 1.54) is 0 Å². The van der Waals surface area contributed by atoms with Crippen LogP contribution in [0, 0.1) is 0 Å².